The maximum Gasteiger partial charge on any atom is 0.332 e. The van der Waals surface area contributed by atoms with E-state index in [2.05, 4.69) is 0 Å². The summed E-state index contributed by atoms with van der Waals surface area (Å²) in [6.45, 7) is 3.19. The van der Waals surface area contributed by atoms with Gasteiger partial charge in [0.25, 0.3) is 0 Å². The minimum atomic E-state index is -0.637. The fraction of sp³-hybridized carbons (Fsp3) is 0.964. The van der Waals surface area contributed by atoms with Crippen LogP contribution < -0.4 is 0 Å². The molecule has 214 valence electrons. The highest BCUT2D eigenvalue weighted by Gasteiger charge is 2.54. The normalized spacial score (nSPS) is 31.6. The number of carbonyl (C=O) groups is 1. The van der Waals surface area contributed by atoms with E-state index >= 15 is 0 Å². The third-order valence-electron chi connectivity index (χ3n) is 8.28. The lowest BCUT2D eigenvalue weighted by Gasteiger charge is -2.42. The molecule has 0 amide bonds. The molecular weight excluding hydrogens is 480 g/mol. The summed E-state index contributed by atoms with van der Waals surface area (Å²) in [7, 11) is 1.58. The standard InChI is InChI=1S/C28H48O9/c1-21(33-15-16-34-25(29)20-32-14-13-31-2)17-23-26-24(36-28(37-26)11-7-4-8-12-28)18-22(35-23)19-27(30)9-5-3-6-10-27/h21-24,26,30H,3-20H2,1-2H3. The zero-order valence-corrected chi connectivity index (χ0v) is 22.8. The summed E-state index contributed by atoms with van der Waals surface area (Å²) >= 11 is 0. The average molecular weight is 529 g/mol. The number of esters is 1. The maximum absolute atomic E-state index is 11.8. The van der Waals surface area contributed by atoms with Crippen LogP contribution in [0.15, 0.2) is 0 Å². The Morgan fingerprint density at radius 1 is 0.973 bits per heavy atom. The molecule has 4 rings (SSSR count). The number of rotatable bonds is 13. The molecular formula is C28H48O9. The van der Waals surface area contributed by atoms with Crippen LogP contribution in [0, 0.1) is 0 Å². The van der Waals surface area contributed by atoms with Gasteiger partial charge in [-0.25, -0.2) is 4.79 Å². The summed E-state index contributed by atoms with van der Waals surface area (Å²) < 4.78 is 41.1. The van der Waals surface area contributed by atoms with Crippen molar-refractivity contribution in [1.82, 2.24) is 0 Å². The number of hydrogen-bond donors (Lipinski definition) is 1. The van der Waals surface area contributed by atoms with E-state index < -0.39 is 17.4 Å². The van der Waals surface area contributed by atoms with Gasteiger partial charge in [-0.15, -0.1) is 0 Å². The van der Waals surface area contributed by atoms with Crippen molar-refractivity contribution < 1.29 is 43.1 Å². The number of methoxy groups -OCH3 is 1. The molecule has 4 aliphatic rings. The first-order valence-corrected chi connectivity index (χ1v) is 14.5. The first-order valence-electron chi connectivity index (χ1n) is 14.5. The molecule has 0 radical (unpaired) electrons. The van der Waals surface area contributed by atoms with E-state index in [0.29, 0.717) is 32.7 Å². The SMILES string of the molecule is COCCOCC(=O)OCCOC(C)CC1OC(CC2(O)CCCCC2)CC2OC3(CCCCC3)OC12. The van der Waals surface area contributed by atoms with E-state index in [0.717, 1.165) is 57.8 Å². The highest BCUT2D eigenvalue weighted by molar-refractivity contribution is 5.70. The molecule has 1 spiro atoms. The molecule has 9 nitrogen and oxygen atoms in total. The Hall–Kier alpha value is -0.810. The minimum Gasteiger partial charge on any atom is -0.462 e. The Bertz CT molecular complexity index is 689. The molecule has 0 aromatic rings. The summed E-state index contributed by atoms with van der Waals surface area (Å²) in [5.74, 6) is -0.890. The number of carbonyl (C=O) groups excluding carboxylic acids is 1. The summed E-state index contributed by atoms with van der Waals surface area (Å²) in [6, 6.07) is 0. The van der Waals surface area contributed by atoms with Gasteiger partial charge in [0.05, 0.1) is 49.8 Å². The predicted octanol–water partition coefficient (Wildman–Crippen LogP) is 3.68. The van der Waals surface area contributed by atoms with Crippen LogP contribution in [0.5, 0.6) is 0 Å². The highest BCUT2D eigenvalue weighted by Crippen LogP contribution is 2.47. The second-order valence-electron chi connectivity index (χ2n) is 11.4. The van der Waals surface area contributed by atoms with Gasteiger partial charge in [-0.3, -0.25) is 0 Å². The van der Waals surface area contributed by atoms with Crippen LogP contribution in [0.25, 0.3) is 0 Å². The molecule has 2 heterocycles. The van der Waals surface area contributed by atoms with Gasteiger partial charge in [0.15, 0.2) is 5.79 Å². The lowest BCUT2D eigenvalue weighted by Crippen LogP contribution is -2.50. The van der Waals surface area contributed by atoms with Gasteiger partial charge in [0.2, 0.25) is 0 Å². The molecule has 0 aromatic carbocycles. The smallest absolute Gasteiger partial charge is 0.332 e. The van der Waals surface area contributed by atoms with Crippen molar-refractivity contribution in [3.05, 3.63) is 0 Å². The third-order valence-corrected chi connectivity index (χ3v) is 8.28. The quantitative estimate of drug-likeness (QED) is 0.283. The van der Waals surface area contributed by atoms with Gasteiger partial charge >= 0.3 is 5.97 Å². The molecule has 9 heteroatoms. The summed E-state index contributed by atoms with van der Waals surface area (Å²) in [4.78, 5) is 11.8. The second kappa shape index (κ2) is 14.0. The van der Waals surface area contributed by atoms with Crippen molar-refractivity contribution in [2.45, 2.75) is 132 Å². The van der Waals surface area contributed by atoms with E-state index in [1.165, 1.54) is 12.8 Å². The van der Waals surface area contributed by atoms with Gasteiger partial charge in [-0.2, -0.15) is 0 Å². The lowest BCUT2D eigenvalue weighted by molar-refractivity contribution is -0.202. The monoisotopic (exact) mass is 528 g/mol. The first-order chi connectivity index (χ1) is 17.9. The van der Waals surface area contributed by atoms with Crippen molar-refractivity contribution in [3.63, 3.8) is 0 Å². The number of hydrogen-bond acceptors (Lipinski definition) is 9. The highest BCUT2D eigenvalue weighted by atomic mass is 16.8. The van der Waals surface area contributed by atoms with Crippen molar-refractivity contribution in [2.75, 3.05) is 40.1 Å². The van der Waals surface area contributed by atoms with Crippen molar-refractivity contribution in [1.29, 1.82) is 0 Å². The van der Waals surface area contributed by atoms with Gasteiger partial charge in [-0.1, -0.05) is 25.7 Å². The fourth-order valence-corrected chi connectivity index (χ4v) is 6.46. The van der Waals surface area contributed by atoms with Gasteiger partial charge in [0.1, 0.15) is 19.3 Å². The van der Waals surface area contributed by atoms with Crippen LogP contribution in [0.1, 0.15) is 90.4 Å². The first kappa shape index (κ1) is 29.2. The Kier molecular flexibility index (Phi) is 11.0. The van der Waals surface area contributed by atoms with E-state index in [1.54, 1.807) is 7.11 Å². The molecule has 5 atom stereocenters. The summed E-state index contributed by atoms with van der Waals surface area (Å²) in [6.07, 6.45) is 12.0. The van der Waals surface area contributed by atoms with Gasteiger partial charge in [0, 0.05) is 39.2 Å². The molecule has 4 fully saturated rings. The van der Waals surface area contributed by atoms with Gasteiger partial charge in [-0.05, 0) is 32.6 Å². The summed E-state index contributed by atoms with van der Waals surface area (Å²) in [5.41, 5.74) is -0.637. The maximum atomic E-state index is 11.8. The number of fused-ring (bicyclic) bond motifs is 1. The molecule has 0 bridgehead atoms. The minimum absolute atomic E-state index is 0.0136. The average Bonchev–Trinajstić information content (AvgIpc) is 3.22. The Morgan fingerprint density at radius 3 is 2.43 bits per heavy atom. The van der Waals surface area contributed by atoms with Crippen LogP contribution >= 0.6 is 0 Å². The fourth-order valence-electron chi connectivity index (χ4n) is 6.46. The zero-order valence-electron chi connectivity index (χ0n) is 22.8. The molecule has 2 aliphatic carbocycles. The van der Waals surface area contributed by atoms with Crippen LogP contribution in [0.2, 0.25) is 0 Å². The Labute approximate surface area is 221 Å². The van der Waals surface area contributed by atoms with Crippen molar-refractivity contribution in [3.8, 4) is 0 Å². The number of aliphatic hydroxyl groups is 1. The molecule has 2 aliphatic heterocycles. The topological polar surface area (TPSA) is 102 Å². The van der Waals surface area contributed by atoms with E-state index in [-0.39, 0.29) is 43.7 Å². The van der Waals surface area contributed by atoms with Crippen LogP contribution in [0.3, 0.4) is 0 Å². The molecule has 1 N–H and O–H groups in total. The van der Waals surface area contributed by atoms with Crippen LogP contribution in [0.4, 0.5) is 0 Å². The van der Waals surface area contributed by atoms with E-state index in [9.17, 15) is 9.90 Å². The van der Waals surface area contributed by atoms with Gasteiger partial charge < -0.3 is 38.3 Å². The largest absolute Gasteiger partial charge is 0.462 e. The lowest BCUT2D eigenvalue weighted by atomic mass is 9.79. The van der Waals surface area contributed by atoms with E-state index in [1.807, 2.05) is 6.92 Å². The summed E-state index contributed by atoms with van der Waals surface area (Å²) in [5, 5.41) is 11.2. The van der Waals surface area contributed by atoms with Crippen LogP contribution in [-0.2, 0) is 38.0 Å². The molecule has 2 saturated carbocycles. The molecule has 37 heavy (non-hydrogen) atoms. The Morgan fingerprint density at radius 2 is 1.70 bits per heavy atom. The van der Waals surface area contributed by atoms with E-state index in [4.69, 9.17) is 33.2 Å². The predicted molar refractivity (Wildman–Crippen MR) is 135 cm³/mol. The van der Waals surface area contributed by atoms with Crippen molar-refractivity contribution in [2.24, 2.45) is 0 Å². The number of ether oxygens (including phenoxy) is 7. The zero-order chi connectivity index (χ0) is 26.1. The van der Waals surface area contributed by atoms with Crippen molar-refractivity contribution >= 4 is 5.97 Å². The molecule has 2 saturated heterocycles. The molecule has 5 unspecified atom stereocenters. The second-order valence-corrected chi connectivity index (χ2v) is 11.4. The van der Waals surface area contributed by atoms with Crippen LogP contribution in [-0.4, -0.2) is 93.1 Å². The third kappa shape index (κ3) is 8.59. The molecule has 0 aromatic heterocycles. The Balaban J connectivity index is 1.27.